The lowest BCUT2D eigenvalue weighted by atomic mass is 10.1. The molecule has 0 fully saturated rings. The molecule has 0 bridgehead atoms. The van der Waals surface area contributed by atoms with Gasteiger partial charge in [-0.2, -0.15) is 0 Å². The predicted molar refractivity (Wildman–Crippen MR) is 55.7 cm³/mol. The van der Waals surface area contributed by atoms with Crippen LogP contribution in [0.4, 0.5) is 4.39 Å². The standard InChI is InChI=1S/C12H7ClF/c13-11-7-3-1-5-9(11)10-6-2-4-8-12(10)14/h1-2,4-8H. The van der Waals surface area contributed by atoms with Gasteiger partial charge < -0.3 is 0 Å². The monoisotopic (exact) mass is 205 g/mol. The van der Waals surface area contributed by atoms with Crippen molar-refractivity contribution >= 4 is 11.6 Å². The Morgan fingerprint density at radius 3 is 2.57 bits per heavy atom. The zero-order valence-electron chi connectivity index (χ0n) is 7.30. The summed E-state index contributed by atoms with van der Waals surface area (Å²) in [5.74, 6) is -0.263. The minimum Gasteiger partial charge on any atom is -0.206 e. The van der Waals surface area contributed by atoms with Gasteiger partial charge >= 0.3 is 0 Å². The van der Waals surface area contributed by atoms with Crippen LogP contribution in [0.1, 0.15) is 0 Å². The summed E-state index contributed by atoms with van der Waals surface area (Å²) >= 11 is 5.93. The SMILES string of the molecule is Fc1ccccc1-c1cc[c]cc1Cl. The maximum absolute atomic E-state index is 13.4. The molecule has 0 saturated carbocycles. The second-order valence-electron chi connectivity index (χ2n) is 2.89. The summed E-state index contributed by atoms with van der Waals surface area (Å²) in [4.78, 5) is 0. The minimum absolute atomic E-state index is 0.263. The van der Waals surface area contributed by atoms with Crippen molar-refractivity contribution in [2.24, 2.45) is 0 Å². The molecule has 0 unspecified atom stereocenters. The molecule has 0 heterocycles. The molecule has 2 rings (SSSR count). The van der Waals surface area contributed by atoms with Gasteiger partial charge in [-0.1, -0.05) is 41.9 Å². The van der Waals surface area contributed by atoms with Gasteiger partial charge in [0.15, 0.2) is 0 Å². The maximum atomic E-state index is 13.4. The summed E-state index contributed by atoms with van der Waals surface area (Å²) in [5.41, 5.74) is 1.22. The van der Waals surface area contributed by atoms with Gasteiger partial charge in [0.05, 0.1) is 0 Å². The smallest absolute Gasteiger partial charge is 0.131 e. The molecule has 0 aromatic heterocycles. The Morgan fingerprint density at radius 2 is 1.86 bits per heavy atom. The summed E-state index contributed by atoms with van der Waals surface area (Å²) in [7, 11) is 0. The van der Waals surface area contributed by atoms with E-state index in [1.54, 1.807) is 36.4 Å². The molecule has 0 atom stereocenters. The summed E-state index contributed by atoms with van der Waals surface area (Å²) in [6.45, 7) is 0. The highest BCUT2D eigenvalue weighted by atomic mass is 35.5. The molecular weight excluding hydrogens is 199 g/mol. The van der Waals surface area contributed by atoms with Gasteiger partial charge in [-0.25, -0.2) is 4.39 Å². The van der Waals surface area contributed by atoms with E-state index in [1.165, 1.54) is 6.07 Å². The van der Waals surface area contributed by atoms with E-state index in [2.05, 4.69) is 6.07 Å². The molecule has 2 aromatic carbocycles. The third-order valence-electron chi connectivity index (χ3n) is 1.98. The molecule has 2 aromatic rings. The Balaban J connectivity index is 2.61. The van der Waals surface area contributed by atoms with E-state index in [0.29, 0.717) is 16.1 Å². The number of benzene rings is 2. The Hall–Kier alpha value is -1.34. The molecule has 0 saturated heterocycles. The molecule has 0 spiro atoms. The number of halogens is 2. The number of hydrogen-bond donors (Lipinski definition) is 0. The van der Waals surface area contributed by atoms with Crippen LogP contribution in [0.5, 0.6) is 0 Å². The first-order chi connectivity index (χ1) is 6.79. The predicted octanol–water partition coefficient (Wildman–Crippen LogP) is 3.95. The van der Waals surface area contributed by atoms with Crippen molar-refractivity contribution in [3.8, 4) is 11.1 Å². The van der Waals surface area contributed by atoms with E-state index >= 15 is 0 Å². The van der Waals surface area contributed by atoms with E-state index in [9.17, 15) is 4.39 Å². The second-order valence-corrected chi connectivity index (χ2v) is 3.29. The molecule has 14 heavy (non-hydrogen) atoms. The Bertz CT molecular complexity index is 408. The van der Waals surface area contributed by atoms with Gasteiger partial charge in [-0.15, -0.1) is 0 Å². The average Bonchev–Trinajstić information content (AvgIpc) is 2.20. The Kier molecular flexibility index (Phi) is 2.51. The molecule has 0 N–H and O–H groups in total. The van der Waals surface area contributed by atoms with E-state index in [0.717, 1.165) is 0 Å². The molecule has 0 aliphatic carbocycles. The van der Waals surface area contributed by atoms with Crippen LogP contribution in [-0.4, -0.2) is 0 Å². The fourth-order valence-corrected chi connectivity index (χ4v) is 1.54. The molecule has 1 radical (unpaired) electrons. The fourth-order valence-electron chi connectivity index (χ4n) is 1.31. The zero-order valence-corrected chi connectivity index (χ0v) is 8.05. The third-order valence-corrected chi connectivity index (χ3v) is 2.29. The molecule has 2 heteroatoms. The van der Waals surface area contributed by atoms with Gasteiger partial charge in [0, 0.05) is 16.1 Å². The third kappa shape index (κ3) is 1.64. The van der Waals surface area contributed by atoms with Crippen molar-refractivity contribution in [2.45, 2.75) is 0 Å². The quantitative estimate of drug-likeness (QED) is 0.662. The van der Waals surface area contributed by atoms with Crippen LogP contribution < -0.4 is 0 Å². The summed E-state index contributed by atoms with van der Waals surface area (Å²) < 4.78 is 13.4. The molecule has 0 aliphatic rings. The van der Waals surface area contributed by atoms with Gasteiger partial charge in [0.2, 0.25) is 0 Å². The van der Waals surface area contributed by atoms with Gasteiger partial charge in [-0.3, -0.25) is 0 Å². The lowest BCUT2D eigenvalue weighted by Gasteiger charge is -2.04. The van der Waals surface area contributed by atoms with Crippen LogP contribution in [-0.2, 0) is 0 Å². The molecular formula is C12H7ClF. The van der Waals surface area contributed by atoms with E-state index in [-0.39, 0.29) is 5.82 Å². The van der Waals surface area contributed by atoms with Crippen molar-refractivity contribution in [3.63, 3.8) is 0 Å². The van der Waals surface area contributed by atoms with Gasteiger partial charge in [0.25, 0.3) is 0 Å². The molecule has 0 aliphatic heterocycles. The van der Waals surface area contributed by atoms with E-state index in [4.69, 9.17) is 11.6 Å². The highest BCUT2D eigenvalue weighted by molar-refractivity contribution is 6.33. The van der Waals surface area contributed by atoms with Crippen LogP contribution in [0.2, 0.25) is 5.02 Å². The molecule has 0 amide bonds. The van der Waals surface area contributed by atoms with Crippen molar-refractivity contribution in [1.82, 2.24) is 0 Å². The van der Waals surface area contributed by atoms with Crippen LogP contribution in [0.3, 0.4) is 0 Å². The van der Waals surface area contributed by atoms with E-state index < -0.39 is 0 Å². The normalized spacial score (nSPS) is 10.1. The topological polar surface area (TPSA) is 0 Å². The lowest BCUT2D eigenvalue weighted by Crippen LogP contribution is -1.83. The largest absolute Gasteiger partial charge is 0.206 e. The van der Waals surface area contributed by atoms with Crippen LogP contribution in [0.15, 0.2) is 42.5 Å². The fraction of sp³-hybridized carbons (Fsp3) is 0. The first-order valence-electron chi connectivity index (χ1n) is 4.19. The van der Waals surface area contributed by atoms with Crippen molar-refractivity contribution in [1.29, 1.82) is 0 Å². The summed E-state index contributed by atoms with van der Waals surface area (Å²) in [6, 6.07) is 14.5. The van der Waals surface area contributed by atoms with Crippen LogP contribution in [0, 0.1) is 11.9 Å². The number of rotatable bonds is 1. The molecule has 0 nitrogen and oxygen atoms in total. The minimum atomic E-state index is -0.263. The van der Waals surface area contributed by atoms with Gasteiger partial charge in [0.1, 0.15) is 5.82 Å². The summed E-state index contributed by atoms with van der Waals surface area (Å²) in [5, 5.41) is 0.512. The molecule has 69 valence electrons. The van der Waals surface area contributed by atoms with Crippen molar-refractivity contribution in [3.05, 3.63) is 59.4 Å². The number of hydrogen-bond acceptors (Lipinski definition) is 0. The average molecular weight is 206 g/mol. The summed E-state index contributed by atoms with van der Waals surface area (Å²) in [6.07, 6.45) is 0. The highest BCUT2D eigenvalue weighted by Gasteiger charge is 2.06. The van der Waals surface area contributed by atoms with Crippen LogP contribution >= 0.6 is 11.6 Å². The van der Waals surface area contributed by atoms with E-state index in [1.807, 2.05) is 0 Å². The highest BCUT2D eigenvalue weighted by Crippen LogP contribution is 2.28. The van der Waals surface area contributed by atoms with Crippen molar-refractivity contribution < 1.29 is 4.39 Å². The van der Waals surface area contributed by atoms with Crippen LogP contribution in [0.25, 0.3) is 11.1 Å². The Morgan fingerprint density at radius 1 is 1.07 bits per heavy atom. The lowest BCUT2D eigenvalue weighted by molar-refractivity contribution is 0.631. The first kappa shape index (κ1) is 9.22. The maximum Gasteiger partial charge on any atom is 0.131 e. The van der Waals surface area contributed by atoms with Crippen molar-refractivity contribution in [2.75, 3.05) is 0 Å². The Labute approximate surface area is 87.0 Å². The second kappa shape index (κ2) is 3.81. The zero-order chi connectivity index (χ0) is 9.97. The first-order valence-corrected chi connectivity index (χ1v) is 4.57. The van der Waals surface area contributed by atoms with Gasteiger partial charge in [-0.05, 0) is 18.2 Å².